The highest BCUT2D eigenvalue weighted by molar-refractivity contribution is 8.13. The molecular weight excluding hydrogens is 491 g/mol. The van der Waals surface area contributed by atoms with Crippen LogP contribution in [0.4, 0.5) is 24.5 Å². The molecule has 0 saturated carbocycles. The molecule has 3 heterocycles. The number of nitrogens with one attached hydrogen (secondary N) is 2. The summed E-state index contributed by atoms with van der Waals surface area (Å²) in [4.78, 5) is 7.48. The smallest absolute Gasteiger partial charge is 0.354 e. The molecule has 0 aliphatic heterocycles. The van der Waals surface area contributed by atoms with E-state index >= 15 is 0 Å². The lowest BCUT2D eigenvalue weighted by atomic mass is 10.1. The second-order valence-electron chi connectivity index (χ2n) is 7.82. The van der Waals surface area contributed by atoms with Crippen molar-refractivity contribution in [3.8, 4) is 0 Å². The van der Waals surface area contributed by atoms with Crippen molar-refractivity contribution >= 4 is 43.4 Å². The minimum atomic E-state index is -4.73. The number of halogens is 4. The number of rotatable bonds is 6. The van der Waals surface area contributed by atoms with E-state index in [-0.39, 0.29) is 21.4 Å². The van der Waals surface area contributed by atoms with Crippen molar-refractivity contribution in [2.24, 2.45) is 0 Å². The van der Waals surface area contributed by atoms with Crippen LogP contribution >= 0.6 is 11.6 Å². The van der Waals surface area contributed by atoms with Gasteiger partial charge in [0.25, 0.3) is 0 Å². The number of pyridine rings is 2. The van der Waals surface area contributed by atoms with Gasteiger partial charge in [-0.15, -0.1) is 0 Å². The molecule has 0 bridgehead atoms. The number of benzene rings is 1. The number of alkyl halides is 3. The molecule has 0 atom stereocenters. The minimum Gasteiger partial charge on any atom is -0.354 e. The van der Waals surface area contributed by atoms with E-state index in [0.29, 0.717) is 17.4 Å². The summed E-state index contributed by atoms with van der Waals surface area (Å²) < 4.78 is 67.1. The fraction of sp³-hybridized carbons (Fsp3) is 0.182. The van der Waals surface area contributed by atoms with Crippen LogP contribution in [-0.4, -0.2) is 36.0 Å². The Morgan fingerprint density at radius 1 is 1.21 bits per heavy atom. The molecular formula is C22H21ClF3N5O2S. The number of hydrogen-bond donors (Lipinski definition) is 3. The van der Waals surface area contributed by atoms with E-state index in [9.17, 15) is 21.9 Å². The Balaban J connectivity index is 1.89. The van der Waals surface area contributed by atoms with Crippen LogP contribution in [0.25, 0.3) is 10.9 Å². The lowest BCUT2D eigenvalue weighted by molar-refractivity contribution is -0.140. The van der Waals surface area contributed by atoms with Gasteiger partial charge in [0.05, 0.1) is 22.3 Å². The number of fused-ring (bicyclic) bond motifs is 1. The number of nitrogens with zero attached hydrogens (tertiary/aromatic N) is 3. The molecule has 0 unspecified atom stereocenters. The van der Waals surface area contributed by atoms with Crippen molar-refractivity contribution in [1.82, 2.24) is 19.3 Å². The monoisotopic (exact) mass is 511 g/mol. The molecule has 180 valence electrons. The van der Waals surface area contributed by atoms with E-state index in [1.807, 2.05) is 0 Å². The third kappa shape index (κ3) is 4.39. The number of aromatic nitrogens is 3. The molecule has 0 radical (unpaired) electrons. The zero-order chi connectivity index (χ0) is 24.7. The van der Waals surface area contributed by atoms with Crippen molar-refractivity contribution in [1.29, 1.82) is 0 Å². The molecule has 3 N–H and O–H groups in total. The number of hydrogen-bond acceptors (Lipinski definition) is 5. The zero-order valence-electron chi connectivity index (χ0n) is 18.1. The Morgan fingerprint density at radius 3 is 2.62 bits per heavy atom. The van der Waals surface area contributed by atoms with Crippen LogP contribution in [0.1, 0.15) is 11.3 Å². The van der Waals surface area contributed by atoms with Crippen molar-refractivity contribution in [2.75, 3.05) is 18.6 Å². The summed E-state index contributed by atoms with van der Waals surface area (Å²) in [6.07, 6.45) is 0.855. The average Bonchev–Trinajstić information content (AvgIpc) is 3.14. The summed E-state index contributed by atoms with van der Waals surface area (Å²) in [5.74, 6) is 0. The first-order chi connectivity index (χ1) is 15.9. The molecule has 0 aliphatic carbocycles. The maximum atomic E-state index is 14.0. The average molecular weight is 512 g/mol. The molecule has 0 amide bonds. The van der Waals surface area contributed by atoms with E-state index in [1.54, 1.807) is 31.4 Å². The van der Waals surface area contributed by atoms with E-state index < -0.39 is 21.4 Å². The van der Waals surface area contributed by atoms with Crippen molar-refractivity contribution in [3.05, 3.63) is 77.5 Å². The van der Waals surface area contributed by atoms with Crippen LogP contribution in [0.3, 0.4) is 0 Å². The summed E-state index contributed by atoms with van der Waals surface area (Å²) in [7, 11) is -2.90. The molecule has 7 nitrogen and oxygen atoms in total. The molecule has 12 heteroatoms. The molecule has 4 rings (SSSR count). The van der Waals surface area contributed by atoms with Crippen LogP contribution in [0.2, 0.25) is 5.15 Å². The van der Waals surface area contributed by atoms with E-state index in [0.717, 1.165) is 5.56 Å². The highest BCUT2D eigenvalue weighted by Gasteiger charge is 2.36. The van der Waals surface area contributed by atoms with Crippen LogP contribution in [0.5, 0.6) is 0 Å². The molecule has 1 aromatic carbocycles. The van der Waals surface area contributed by atoms with Gasteiger partial charge in [-0.2, -0.15) is 17.4 Å². The van der Waals surface area contributed by atoms with Gasteiger partial charge in [0, 0.05) is 36.3 Å². The predicted molar refractivity (Wildman–Crippen MR) is 127 cm³/mol. The molecule has 0 spiro atoms. The Labute approximate surface area is 198 Å². The van der Waals surface area contributed by atoms with Gasteiger partial charge in [-0.25, -0.2) is 8.96 Å². The second kappa shape index (κ2) is 8.35. The molecule has 0 fully saturated rings. The predicted octanol–water partition coefficient (Wildman–Crippen LogP) is 5.31. The first kappa shape index (κ1) is 24.1. The molecule has 0 saturated heterocycles. The lowest BCUT2D eigenvalue weighted by Gasteiger charge is -2.41. The Hall–Kier alpha value is -2.99. The summed E-state index contributed by atoms with van der Waals surface area (Å²) >= 11 is 5.67. The molecule has 0 aliphatic rings. The second-order valence-corrected chi connectivity index (χ2v) is 11.5. The van der Waals surface area contributed by atoms with Gasteiger partial charge < -0.3 is 10.6 Å². The van der Waals surface area contributed by atoms with Crippen molar-refractivity contribution in [3.63, 3.8) is 0 Å². The van der Waals surface area contributed by atoms with Gasteiger partial charge in [-0.1, -0.05) is 27.2 Å². The standard InChI is InChI=1S/C22H21ClF3N5O2S/c1-27-11-14-13-31(34(2,32,33)16-4-3-9-28-12-16)19-10-15(5-6-17(14)19)29-18-7-8-20(23)30-21(18)22(24,25)26/h3-10,12-13,27,29H,11H2,1-2H3,(H,32,33). The summed E-state index contributed by atoms with van der Waals surface area (Å²) in [5, 5.41) is 6.12. The maximum absolute atomic E-state index is 14.0. The summed E-state index contributed by atoms with van der Waals surface area (Å²) in [5.41, 5.74) is -0.0910. The van der Waals surface area contributed by atoms with E-state index in [4.69, 9.17) is 11.6 Å². The SMILES string of the molecule is CNCc1cn(S(C)(=O)(O)c2cccnc2)c2cc(Nc3ccc(Cl)nc3C(F)(F)F)ccc12. The van der Waals surface area contributed by atoms with E-state index in [2.05, 4.69) is 20.6 Å². The third-order valence-electron chi connectivity index (χ3n) is 5.27. The third-order valence-corrected chi connectivity index (χ3v) is 8.04. The van der Waals surface area contributed by atoms with E-state index in [1.165, 1.54) is 46.9 Å². The fourth-order valence-corrected chi connectivity index (χ4v) is 5.74. The van der Waals surface area contributed by atoms with Crippen LogP contribution in [0, 0.1) is 0 Å². The Kier molecular flexibility index (Phi) is 5.93. The highest BCUT2D eigenvalue weighted by Crippen LogP contribution is 2.39. The summed E-state index contributed by atoms with van der Waals surface area (Å²) in [6, 6.07) is 10.3. The normalized spacial score (nSPS) is 13.6. The number of anilines is 2. The fourth-order valence-electron chi connectivity index (χ4n) is 3.68. The van der Waals surface area contributed by atoms with Gasteiger partial charge in [0.2, 0.25) is 0 Å². The van der Waals surface area contributed by atoms with Crippen molar-refractivity contribution in [2.45, 2.75) is 17.6 Å². The largest absolute Gasteiger partial charge is 0.435 e. The molecule has 34 heavy (non-hydrogen) atoms. The first-order valence-electron chi connectivity index (χ1n) is 9.98. The highest BCUT2D eigenvalue weighted by atomic mass is 35.5. The molecule has 4 aromatic rings. The van der Waals surface area contributed by atoms with Gasteiger partial charge >= 0.3 is 6.18 Å². The zero-order valence-corrected chi connectivity index (χ0v) is 19.7. The van der Waals surface area contributed by atoms with Gasteiger partial charge in [0.1, 0.15) is 5.15 Å². The van der Waals surface area contributed by atoms with Crippen molar-refractivity contribution < 1.29 is 21.9 Å². The summed E-state index contributed by atoms with van der Waals surface area (Å²) in [6.45, 7) is 0.408. The Morgan fingerprint density at radius 2 is 1.97 bits per heavy atom. The van der Waals surface area contributed by atoms with Crippen LogP contribution in [-0.2, 0) is 22.3 Å². The van der Waals surface area contributed by atoms with Gasteiger partial charge in [0.15, 0.2) is 5.69 Å². The Bertz CT molecular complexity index is 1430. The van der Waals surface area contributed by atoms with Gasteiger partial charge in [-0.05, 0) is 49.0 Å². The molecule has 3 aromatic heterocycles. The van der Waals surface area contributed by atoms with Gasteiger partial charge in [-0.3, -0.25) is 9.54 Å². The lowest BCUT2D eigenvalue weighted by Crippen LogP contribution is -2.38. The topological polar surface area (TPSA) is 92.1 Å². The van der Waals surface area contributed by atoms with Crippen LogP contribution < -0.4 is 10.6 Å². The van der Waals surface area contributed by atoms with Crippen LogP contribution in [0.15, 0.2) is 66.0 Å². The first-order valence-corrected chi connectivity index (χ1v) is 12.7. The quantitative estimate of drug-likeness (QED) is 0.304. The minimum absolute atomic E-state index is 0.104. The maximum Gasteiger partial charge on any atom is 0.435 e.